The smallest absolute Gasteiger partial charge is 0.374 e. The lowest BCUT2D eigenvalue weighted by atomic mass is 10.1. The van der Waals surface area contributed by atoms with Gasteiger partial charge in [0.15, 0.2) is 0 Å². The van der Waals surface area contributed by atoms with Crippen molar-refractivity contribution in [1.29, 1.82) is 0 Å². The number of carbonyl (C=O) groups is 1. The number of fused-ring (bicyclic) bond motifs is 1. The number of aliphatic hydroxyl groups excluding tert-OH is 1. The molecule has 1 atom stereocenters. The molecule has 1 heterocycles. The average Bonchev–Trinajstić information content (AvgIpc) is 3.24. The van der Waals surface area contributed by atoms with Crippen LogP contribution in [-0.4, -0.2) is 36.2 Å². The SMILES string of the molecule is COC(=O)c1occc1CN(CCCO)C1CCc2ccccc21. The molecule has 1 aromatic carbocycles. The predicted octanol–water partition coefficient (Wildman–Crippen LogP) is 2.94. The predicted molar refractivity (Wildman–Crippen MR) is 89.7 cm³/mol. The molecular formula is C19H23NO4. The summed E-state index contributed by atoms with van der Waals surface area (Å²) in [4.78, 5) is 14.2. The van der Waals surface area contributed by atoms with E-state index in [1.165, 1.54) is 24.5 Å². The number of furan rings is 1. The molecule has 1 unspecified atom stereocenters. The van der Waals surface area contributed by atoms with Crippen molar-refractivity contribution in [3.8, 4) is 0 Å². The van der Waals surface area contributed by atoms with Gasteiger partial charge in [-0.25, -0.2) is 4.79 Å². The number of nitrogens with zero attached hydrogens (tertiary/aromatic N) is 1. The highest BCUT2D eigenvalue weighted by molar-refractivity contribution is 5.87. The van der Waals surface area contributed by atoms with Gasteiger partial charge in [-0.1, -0.05) is 24.3 Å². The molecule has 0 radical (unpaired) electrons. The monoisotopic (exact) mass is 329 g/mol. The Hall–Kier alpha value is -2.11. The van der Waals surface area contributed by atoms with Gasteiger partial charge in [0.05, 0.1) is 13.4 Å². The minimum Gasteiger partial charge on any atom is -0.463 e. The first kappa shape index (κ1) is 16.7. The normalized spacial score (nSPS) is 16.4. The van der Waals surface area contributed by atoms with Gasteiger partial charge in [-0.3, -0.25) is 4.90 Å². The summed E-state index contributed by atoms with van der Waals surface area (Å²) < 4.78 is 10.1. The van der Waals surface area contributed by atoms with Gasteiger partial charge in [0, 0.05) is 31.3 Å². The summed E-state index contributed by atoms with van der Waals surface area (Å²) >= 11 is 0. The molecule has 5 heteroatoms. The Morgan fingerprint density at radius 1 is 1.38 bits per heavy atom. The second-order valence-electron chi connectivity index (χ2n) is 6.07. The van der Waals surface area contributed by atoms with Crippen LogP contribution in [0.15, 0.2) is 41.0 Å². The van der Waals surface area contributed by atoms with Crippen LogP contribution in [0.4, 0.5) is 0 Å². The number of aliphatic hydroxyl groups is 1. The van der Waals surface area contributed by atoms with Crippen LogP contribution in [0, 0.1) is 0 Å². The van der Waals surface area contributed by atoms with Crippen molar-refractivity contribution >= 4 is 5.97 Å². The van der Waals surface area contributed by atoms with E-state index in [2.05, 4.69) is 29.2 Å². The fourth-order valence-electron chi connectivity index (χ4n) is 3.48. The summed E-state index contributed by atoms with van der Waals surface area (Å²) in [5, 5.41) is 9.24. The van der Waals surface area contributed by atoms with Gasteiger partial charge in [0.25, 0.3) is 0 Å². The highest BCUT2D eigenvalue weighted by Gasteiger charge is 2.29. The number of carbonyl (C=O) groups excluding carboxylic acids is 1. The van der Waals surface area contributed by atoms with Gasteiger partial charge in [0.2, 0.25) is 5.76 Å². The molecule has 0 saturated heterocycles. The zero-order chi connectivity index (χ0) is 16.9. The van der Waals surface area contributed by atoms with E-state index in [0.717, 1.165) is 24.9 Å². The lowest BCUT2D eigenvalue weighted by Crippen LogP contribution is -2.29. The van der Waals surface area contributed by atoms with Crippen molar-refractivity contribution in [3.05, 3.63) is 59.0 Å². The molecule has 5 nitrogen and oxygen atoms in total. The fourth-order valence-corrected chi connectivity index (χ4v) is 3.48. The third kappa shape index (κ3) is 3.37. The summed E-state index contributed by atoms with van der Waals surface area (Å²) in [7, 11) is 1.35. The maximum atomic E-state index is 11.8. The van der Waals surface area contributed by atoms with Crippen molar-refractivity contribution in [3.63, 3.8) is 0 Å². The lowest BCUT2D eigenvalue weighted by molar-refractivity contribution is 0.0560. The van der Waals surface area contributed by atoms with Crippen LogP contribution in [0.25, 0.3) is 0 Å². The first-order valence-corrected chi connectivity index (χ1v) is 8.32. The van der Waals surface area contributed by atoms with E-state index < -0.39 is 5.97 Å². The van der Waals surface area contributed by atoms with E-state index in [1.807, 2.05) is 6.07 Å². The van der Waals surface area contributed by atoms with Crippen molar-refractivity contribution in [2.75, 3.05) is 20.3 Å². The number of rotatable bonds is 7. The molecule has 128 valence electrons. The van der Waals surface area contributed by atoms with Crippen LogP contribution in [0.1, 0.15) is 46.1 Å². The standard InChI is InChI=1S/C19H23NO4/c1-23-19(22)18-15(9-12-24-18)13-20(10-4-11-21)17-8-7-14-5-2-3-6-16(14)17/h2-3,5-6,9,12,17,21H,4,7-8,10-11,13H2,1H3. The third-order valence-corrected chi connectivity index (χ3v) is 4.64. The topological polar surface area (TPSA) is 62.9 Å². The van der Waals surface area contributed by atoms with Gasteiger partial charge in [-0.2, -0.15) is 0 Å². The summed E-state index contributed by atoms with van der Waals surface area (Å²) in [6.07, 6.45) is 4.33. The number of methoxy groups -OCH3 is 1. The number of benzene rings is 1. The van der Waals surface area contributed by atoms with Crippen LogP contribution in [-0.2, 0) is 17.7 Å². The van der Waals surface area contributed by atoms with Crippen molar-refractivity contribution < 1.29 is 19.1 Å². The van der Waals surface area contributed by atoms with E-state index in [-0.39, 0.29) is 12.4 Å². The molecule has 24 heavy (non-hydrogen) atoms. The molecule has 0 fully saturated rings. The Kier molecular flexibility index (Phi) is 5.33. The summed E-state index contributed by atoms with van der Waals surface area (Å²) in [5.41, 5.74) is 3.56. The lowest BCUT2D eigenvalue weighted by Gasteiger charge is -2.29. The molecule has 2 aromatic rings. The number of ether oxygens (including phenoxy) is 1. The van der Waals surface area contributed by atoms with Crippen molar-refractivity contribution in [1.82, 2.24) is 4.90 Å². The second kappa shape index (κ2) is 7.64. The maximum absolute atomic E-state index is 11.8. The van der Waals surface area contributed by atoms with Crippen molar-refractivity contribution in [2.45, 2.75) is 31.8 Å². The van der Waals surface area contributed by atoms with E-state index >= 15 is 0 Å². The highest BCUT2D eigenvalue weighted by atomic mass is 16.5. The van der Waals surface area contributed by atoms with Crippen molar-refractivity contribution in [2.24, 2.45) is 0 Å². The van der Waals surface area contributed by atoms with Gasteiger partial charge < -0.3 is 14.3 Å². The van der Waals surface area contributed by atoms with Gasteiger partial charge in [0.1, 0.15) is 0 Å². The zero-order valence-corrected chi connectivity index (χ0v) is 13.9. The Balaban J connectivity index is 1.83. The molecule has 0 aliphatic heterocycles. The molecule has 0 saturated carbocycles. The summed E-state index contributed by atoms with van der Waals surface area (Å²) in [5.74, 6) is -0.193. The molecule has 0 amide bonds. The molecule has 0 bridgehead atoms. The largest absolute Gasteiger partial charge is 0.463 e. The van der Waals surface area contributed by atoms with Gasteiger partial charge in [-0.05, 0) is 36.5 Å². The number of hydrogen-bond donors (Lipinski definition) is 1. The van der Waals surface area contributed by atoms with Crippen LogP contribution in [0.3, 0.4) is 0 Å². The van der Waals surface area contributed by atoms with Crippen LogP contribution < -0.4 is 0 Å². The molecule has 1 aliphatic rings. The minimum absolute atomic E-state index is 0.153. The Labute approximate surface area is 141 Å². The first-order chi connectivity index (χ1) is 11.7. The number of hydrogen-bond acceptors (Lipinski definition) is 5. The van der Waals surface area contributed by atoms with Crippen LogP contribution in [0.5, 0.6) is 0 Å². The Morgan fingerprint density at radius 3 is 3.00 bits per heavy atom. The van der Waals surface area contributed by atoms with Crippen LogP contribution in [0.2, 0.25) is 0 Å². The van der Waals surface area contributed by atoms with E-state index in [9.17, 15) is 9.90 Å². The Bertz CT molecular complexity index is 694. The summed E-state index contributed by atoms with van der Waals surface area (Å²) in [6, 6.07) is 10.6. The quantitative estimate of drug-likeness (QED) is 0.791. The second-order valence-corrected chi connectivity index (χ2v) is 6.07. The first-order valence-electron chi connectivity index (χ1n) is 8.32. The molecule has 1 aromatic heterocycles. The summed E-state index contributed by atoms with van der Waals surface area (Å²) in [6.45, 7) is 1.52. The molecule has 0 spiro atoms. The van der Waals surface area contributed by atoms with Gasteiger partial charge >= 0.3 is 5.97 Å². The van der Waals surface area contributed by atoms with Gasteiger partial charge in [-0.15, -0.1) is 0 Å². The highest BCUT2D eigenvalue weighted by Crippen LogP contribution is 2.36. The number of esters is 1. The fraction of sp³-hybridized carbons (Fsp3) is 0.421. The van der Waals surface area contributed by atoms with E-state index in [1.54, 1.807) is 0 Å². The molecule has 1 aliphatic carbocycles. The molecule has 1 N–H and O–H groups in total. The maximum Gasteiger partial charge on any atom is 0.374 e. The minimum atomic E-state index is -0.455. The zero-order valence-electron chi connectivity index (χ0n) is 13.9. The third-order valence-electron chi connectivity index (χ3n) is 4.64. The Morgan fingerprint density at radius 2 is 2.21 bits per heavy atom. The van der Waals surface area contributed by atoms with E-state index in [0.29, 0.717) is 19.0 Å². The average molecular weight is 329 g/mol. The van der Waals surface area contributed by atoms with Crippen LogP contribution >= 0.6 is 0 Å². The molecule has 3 rings (SSSR count). The van der Waals surface area contributed by atoms with E-state index in [4.69, 9.17) is 9.15 Å². The number of aryl methyl sites for hydroxylation is 1. The molecular weight excluding hydrogens is 306 g/mol.